The van der Waals surface area contributed by atoms with Crippen molar-refractivity contribution in [3.05, 3.63) is 78.0 Å². The van der Waals surface area contributed by atoms with Crippen LogP contribution in [0.3, 0.4) is 0 Å². The second kappa shape index (κ2) is 8.69. The standard InChI is InChI=1S/C23H24N6O2/c30-23(25-13-17-4-1-2-5-18(17)15-28-9-3-8-27-28)19-12-21-22(24-14-19)29(16-26-21)20-6-10-31-11-7-20/h1-5,8-9,12,14,16,20H,6-7,10-11,13,15H2,(H,25,30). The van der Waals surface area contributed by atoms with E-state index in [0.29, 0.717) is 24.7 Å². The highest BCUT2D eigenvalue weighted by Crippen LogP contribution is 2.24. The molecular weight excluding hydrogens is 392 g/mol. The van der Waals surface area contributed by atoms with E-state index in [1.165, 1.54) is 0 Å². The minimum absolute atomic E-state index is 0.163. The summed E-state index contributed by atoms with van der Waals surface area (Å²) in [5.41, 5.74) is 4.24. The second-order valence-corrected chi connectivity index (χ2v) is 7.72. The highest BCUT2D eigenvalue weighted by atomic mass is 16.5. The molecular formula is C23H24N6O2. The molecule has 0 atom stereocenters. The lowest BCUT2D eigenvalue weighted by Gasteiger charge is -2.23. The van der Waals surface area contributed by atoms with Crippen molar-refractivity contribution in [1.29, 1.82) is 0 Å². The number of rotatable bonds is 6. The predicted molar refractivity (Wildman–Crippen MR) is 116 cm³/mol. The van der Waals surface area contributed by atoms with Crippen molar-refractivity contribution in [2.24, 2.45) is 0 Å². The molecule has 1 aliphatic heterocycles. The van der Waals surface area contributed by atoms with Gasteiger partial charge in [-0.2, -0.15) is 5.10 Å². The molecule has 31 heavy (non-hydrogen) atoms. The SMILES string of the molecule is O=C(NCc1ccccc1Cn1cccn1)c1cnc2c(c1)ncn2C1CCOCC1. The van der Waals surface area contributed by atoms with Gasteiger partial charge < -0.3 is 14.6 Å². The van der Waals surface area contributed by atoms with E-state index < -0.39 is 0 Å². The summed E-state index contributed by atoms with van der Waals surface area (Å²) in [6, 6.07) is 12.1. The lowest BCUT2D eigenvalue weighted by Crippen LogP contribution is -2.24. The fraction of sp³-hybridized carbons (Fsp3) is 0.304. The first-order valence-corrected chi connectivity index (χ1v) is 10.5. The Balaban J connectivity index is 1.29. The van der Waals surface area contributed by atoms with E-state index in [1.807, 2.05) is 47.5 Å². The topological polar surface area (TPSA) is 86.9 Å². The van der Waals surface area contributed by atoms with E-state index in [-0.39, 0.29) is 5.91 Å². The second-order valence-electron chi connectivity index (χ2n) is 7.72. The normalized spacial score (nSPS) is 14.7. The van der Waals surface area contributed by atoms with Gasteiger partial charge >= 0.3 is 0 Å². The zero-order valence-corrected chi connectivity index (χ0v) is 17.1. The average Bonchev–Trinajstić information content (AvgIpc) is 3.48. The van der Waals surface area contributed by atoms with Gasteiger partial charge in [-0.1, -0.05) is 24.3 Å². The molecule has 0 unspecified atom stereocenters. The van der Waals surface area contributed by atoms with E-state index >= 15 is 0 Å². The number of imidazole rings is 1. The number of nitrogens with one attached hydrogen (secondary N) is 1. The van der Waals surface area contributed by atoms with Crippen LogP contribution in [0.1, 0.15) is 40.4 Å². The molecule has 0 aliphatic carbocycles. The Morgan fingerprint density at radius 1 is 1.13 bits per heavy atom. The number of fused-ring (bicyclic) bond motifs is 1. The summed E-state index contributed by atoms with van der Waals surface area (Å²) in [4.78, 5) is 21.8. The van der Waals surface area contributed by atoms with Crippen molar-refractivity contribution < 1.29 is 9.53 Å². The van der Waals surface area contributed by atoms with Gasteiger partial charge in [0.05, 0.1) is 18.4 Å². The third-order valence-corrected chi connectivity index (χ3v) is 5.71. The van der Waals surface area contributed by atoms with Gasteiger partial charge in [0.1, 0.15) is 5.52 Å². The van der Waals surface area contributed by atoms with Gasteiger partial charge in [-0.3, -0.25) is 9.48 Å². The number of benzene rings is 1. The molecule has 3 aromatic heterocycles. The molecule has 1 amide bonds. The Labute approximate surface area is 179 Å². The van der Waals surface area contributed by atoms with Crippen LogP contribution in [-0.4, -0.2) is 43.4 Å². The third kappa shape index (κ3) is 4.20. The van der Waals surface area contributed by atoms with Crippen LogP contribution in [-0.2, 0) is 17.8 Å². The first-order valence-electron chi connectivity index (χ1n) is 10.5. The van der Waals surface area contributed by atoms with Crippen LogP contribution in [0.25, 0.3) is 11.2 Å². The maximum absolute atomic E-state index is 12.8. The molecule has 1 aliphatic rings. The van der Waals surface area contributed by atoms with Crippen LogP contribution in [0.15, 0.2) is 61.3 Å². The van der Waals surface area contributed by atoms with Gasteiger partial charge in [-0.05, 0) is 36.1 Å². The van der Waals surface area contributed by atoms with Gasteiger partial charge in [0.15, 0.2) is 5.65 Å². The summed E-state index contributed by atoms with van der Waals surface area (Å²) in [5.74, 6) is -0.163. The highest BCUT2D eigenvalue weighted by Gasteiger charge is 2.19. The maximum atomic E-state index is 12.8. The molecule has 4 aromatic rings. The molecule has 0 radical (unpaired) electrons. The number of hydrogen-bond acceptors (Lipinski definition) is 5. The number of carbonyl (C=O) groups is 1. The number of aromatic nitrogens is 5. The van der Waals surface area contributed by atoms with Gasteiger partial charge in [0, 0.05) is 44.4 Å². The van der Waals surface area contributed by atoms with E-state index in [1.54, 1.807) is 12.4 Å². The summed E-state index contributed by atoms with van der Waals surface area (Å²) < 4.78 is 9.42. The summed E-state index contributed by atoms with van der Waals surface area (Å²) in [5, 5.41) is 7.28. The van der Waals surface area contributed by atoms with E-state index in [9.17, 15) is 4.79 Å². The lowest BCUT2D eigenvalue weighted by molar-refractivity contribution is 0.0704. The van der Waals surface area contributed by atoms with Crippen LogP contribution in [0, 0.1) is 0 Å². The van der Waals surface area contributed by atoms with Gasteiger partial charge in [-0.25, -0.2) is 9.97 Å². The number of carbonyl (C=O) groups excluding carboxylic acids is 1. The first kappa shape index (κ1) is 19.4. The van der Waals surface area contributed by atoms with Crippen molar-refractivity contribution in [1.82, 2.24) is 29.6 Å². The van der Waals surface area contributed by atoms with Crippen molar-refractivity contribution in [2.75, 3.05) is 13.2 Å². The summed E-state index contributed by atoms with van der Waals surface area (Å²) in [6.45, 7) is 2.61. The molecule has 158 valence electrons. The Hall–Kier alpha value is -3.52. The Morgan fingerprint density at radius 2 is 1.97 bits per heavy atom. The van der Waals surface area contributed by atoms with Crippen molar-refractivity contribution in [3.8, 4) is 0 Å². The predicted octanol–water partition coefficient (Wildman–Crippen LogP) is 2.96. The number of nitrogens with zero attached hydrogens (tertiary/aromatic N) is 5. The number of ether oxygens (including phenoxy) is 1. The quantitative estimate of drug-likeness (QED) is 0.522. The number of pyridine rings is 1. The average molecular weight is 416 g/mol. The van der Waals surface area contributed by atoms with Crippen molar-refractivity contribution in [2.45, 2.75) is 32.0 Å². The molecule has 1 fully saturated rings. The molecule has 8 heteroatoms. The van der Waals surface area contributed by atoms with Gasteiger partial charge in [0.2, 0.25) is 0 Å². The van der Waals surface area contributed by atoms with E-state index in [4.69, 9.17) is 4.74 Å². The Morgan fingerprint density at radius 3 is 2.77 bits per heavy atom. The van der Waals surface area contributed by atoms with Crippen LogP contribution in [0.5, 0.6) is 0 Å². The zero-order valence-electron chi connectivity index (χ0n) is 17.1. The Bertz CT molecular complexity index is 1180. The Kier molecular flexibility index (Phi) is 5.45. The molecule has 5 rings (SSSR count). The fourth-order valence-electron chi connectivity index (χ4n) is 4.00. The number of hydrogen-bond donors (Lipinski definition) is 1. The minimum atomic E-state index is -0.163. The largest absolute Gasteiger partial charge is 0.381 e. The van der Waals surface area contributed by atoms with Crippen molar-refractivity contribution in [3.63, 3.8) is 0 Å². The number of amides is 1. The third-order valence-electron chi connectivity index (χ3n) is 5.71. The molecule has 8 nitrogen and oxygen atoms in total. The molecule has 1 saturated heterocycles. The lowest BCUT2D eigenvalue weighted by atomic mass is 10.1. The van der Waals surface area contributed by atoms with E-state index in [0.717, 1.165) is 48.3 Å². The monoisotopic (exact) mass is 416 g/mol. The summed E-state index contributed by atoms with van der Waals surface area (Å²) in [7, 11) is 0. The molecule has 4 heterocycles. The van der Waals surface area contributed by atoms with Crippen molar-refractivity contribution >= 4 is 17.1 Å². The molecule has 0 saturated carbocycles. The van der Waals surface area contributed by atoms with Gasteiger partial charge in [-0.15, -0.1) is 0 Å². The van der Waals surface area contributed by atoms with Crippen LogP contribution in [0.2, 0.25) is 0 Å². The van der Waals surface area contributed by atoms with E-state index in [2.05, 4.69) is 31.0 Å². The molecule has 1 aromatic carbocycles. The summed E-state index contributed by atoms with van der Waals surface area (Å²) in [6.07, 6.45) is 9.04. The zero-order chi connectivity index (χ0) is 21.0. The fourth-order valence-corrected chi connectivity index (χ4v) is 4.00. The smallest absolute Gasteiger partial charge is 0.253 e. The molecule has 0 bridgehead atoms. The van der Waals surface area contributed by atoms with Crippen LogP contribution < -0.4 is 5.32 Å². The van der Waals surface area contributed by atoms with Crippen LogP contribution >= 0.6 is 0 Å². The molecule has 0 spiro atoms. The first-order chi connectivity index (χ1) is 15.3. The molecule has 1 N–H and O–H groups in total. The van der Waals surface area contributed by atoms with Crippen LogP contribution in [0.4, 0.5) is 0 Å². The highest BCUT2D eigenvalue weighted by molar-refractivity contribution is 5.96. The minimum Gasteiger partial charge on any atom is -0.381 e. The maximum Gasteiger partial charge on any atom is 0.253 e. The van der Waals surface area contributed by atoms with Gasteiger partial charge in [0.25, 0.3) is 5.91 Å². The summed E-state index contributed by atoms with van der Waals surface area (Å²) >= 11 is 0.